The molecule has 32 heavy (non-hydrogen) atoms. The lowest BCUT2D eigenvalue weighted by atomic mass is 10.1. The Hall–Kier alpha value is -2.27. The average molecular weight is 648 g/mol. The molecule has 0 aliphatic rings. The van der Waals surface area contributed by atoms with Crippen molar-refractivity contribution in [2.75, 3.05) is 11.9 Å². The van der Waals surface area contributed by atoms with Gasteiger partial charge in [-0.2, -0.15) is 5.10 Å². The van der Waals surface area contributed by atoms with Crippen molar-refractivity contribution in [2.45, 2.75) is 0 Å². The number of aromatic nitrogens is 3. The molecule has 0 aliphatic heterocycles. The van der Waals surface area contributed by atoms with Crippen LogP contribution in [0.25, 0.3) is 5.82 Å². The highest BCUT2D eigenvalue weighted by Gasteiger charge is 2.22. The zero-order valence-electron chi connectivity index (χ0n) is 15.8. The van der Waals surface area contributed by atoms with E-state index in [1.54, 1.807) is 18.2 Å². The quantitative estimate of drug-likeness (QED) is 0.201. The lowest BCUT2D eigenvalue weighted by molar-refractivity contribution is 0.0299. The minimum atomic E-state index is -0.582. The highest BCUT2D eigenvalue weighted by molar-refractivity contribution is 9.11. The number of anilines is 1. The third-order valence-corrected chi connectivity index (χ3v) is 5.55. The predicted octanol–water partition coefficient (Wildman–Crippen LogP) is 4.26. The van der Waals surface area contributed by atoms with Crippen LogP contribution in [0.15, 0.2) is 50.1 Å². The number of hydrazine groups is 1. The Bertz CT molecular complexity index is 1230. The number of hydrogen-bond donors (Lipinski definition) is 3. The fourth-order valence-corrected chi connectivity index (χ4v) is 4.39. The van der Waals surface area contributed by atoms with Gasteiger partial charge in [0.25, 0.3) is 11.8 Å². The van der Waals surface area contributed by atoms with Crippen molar-refractivity contribution in [3.8, 4) is 18.2 Å². The van der Waals surface area contributed by atoms with Crippen LogP contribution in [0.2, 0.25) is 5.02 Å². The van der Waals surface area contributed by atoms with E-state index >= 15 is 0 Å². The number of hydrogen-bond acceptors (Lipinski definition) is 6. The van der Waals surface area contributed by atoms with Gasteiger partial charge in [0.05, 0.1) is 16.3 Å². The molecule has 0 spiro atoms. The summed E-state index contributed by atoms with van der Waals surface area (Å²) < 4.78 is 2.75. The van der Waals surface area contributed by atoms with E-state index in [4.69, 9.17) is 22.9 Å². The van der Waals surface area contributed by atoms with Crippen LogP contribution in [0.3, 0.4) is 0 Å². The van der Waals surface area contributed by atoms with E-state index in [1.165, 1.54) is 23.0 Å². The molecule has 9 nitrogen and oxygen atoms in total. The van der Waals surface area contributed by atoms with Gasteiger partial charge >= 0.3 is 0 Å². The summed E-state index contributed by atoms with van der Waals surface area (Å²) in [6.07, 6.45) is 6.61. The minimum Gasteiger partial charge on any atom is -0.319 e. The first kappa shape index (κ1) is 24.4. The molecule has 0 bridgehead atoms. The third-order valence-electron chi connectivity index (χ3n) is 3.78. The molecular weight excluding hydrogens is 635 g/mol. The number of nitrogens with one attached hydrogen (secondary N) is 3. The lowest BCUT2D eigenvalue weighted by Crippen LogP contribution is -2.38. The topological polar surface area (TPSA) is 110 Å². The van der Waals surface area contributed by atoms with E-state index < -0.39 is 11.8 Å². The number of carbonyl (C=O) groups excluding carboxylic acids is 2. The van der Waals surface area contributed by atoms with Crippen LogP contribution in [0.1, 0.15) is 20.8 Å². The van der Waals surface area contributed by atoms with Crippen molar-refractivity contribution < 1.29 is 14.4 Å². The summed E-state index contributed by atoms with van der Waals surface area (Å²) in [5.41, 5.74) is 5.07. The first-order chi connectivity index (χ1) is 15.3. The van der Waals surface area contributed by atoms with Crippen LogP contribution in [0.5, 0.6) is 0 Å². The number of halogens is 4. The van der Waals surface area contributed by atoms with Gasteiger partial charge in [-0.3, -0.25) is 19.9 Å². The van der Waals surface area contributed by atoms with Crippen LogP contribution in [0, 0.1) is 12.3 Å². The van der Waals surface area contributed by atoms with E-state index in [-0.39, 0.29) is 29.4 Å². The SMILES string of the molecule is C#CCONNC(=O)c1cc(Br)cc(Br)c1NC(=O)c1cc(Br)nn1-c1ncccc1Cl. The van der Waals surface area contributed by atoms with Gasteiger partial charge in [-0.05, 0) is 56.1 Å². The number of nitrogens with zero attached hydrogens (tertiary/aromatic N) is 3. The molecule has 1 aromatic carbocycles. The smallest absolute Gasteiger partial charge is 0.274 e. The summed E-state index contributed by atoms with van der Waals surface area (Å²) in [5.74, 6) is 1.38. The van der Waals surface area contributed by atoms with Crippen LogP contribution < -0.4 is 16.3 Å². The predicted molar refractivity (Wildman–Crippen MR) is 129 cm³/mol. The number of pyridine rings is 1. The molecule has 0 unspecified atom stereocenters. The van der Waals surface area contributed by atoms with Crippen LogP contribution in [-0.2, 0) is 4.84 Å². The molecule has 0 atom stereocenters. The molecule has 13 heteroatoms. The van der Waals surface area contributed by atoms with Gasteiger partial charge in [0.2, 0.25) is 0 Å². The van der Waals surface area contributed by atoms with Crippen molar-refractivity contribution in [1.29, 1.82) is 0 Å². The summed E-state index contributed by atoms with van der Waals surface area (Å²) >= 11 is 16.2. The maximum absolute atomic E-state index is 13.2. The van der Waals surface area contributed by atoms with Crippen LogP contribution in [0.4, 0.5) is 5.69 Å². The zero-order chi connectivity index (χ0) is 23.3. The first-order valence-corrected chi connectivity index (χ1v) is 11.3. The monoisotopic (exact) mass is 644 g/mol. The van der Waals surface area contributed by atoms with E-state index in [2.05, 4.69) is 80.1 Å². The van der Waals surface area contributed by atoms with E-state index in [1.807, 2.05) is 0 Å². The molecule has 0 radical (unpaired) electrons. The van der Waals surface area contributed by atoms with E-state index in [0.29, 0.717) is 18.6 Å². The molecule has 0 fully saturated rings. The highest BCUT2D eigenvalue weighted by atomic mass is 79.9. The maximum Gasteiger partial charge on any atom is 0.274 e. The Balaban J connectivity index is 1.93. The summed E-state index contributed by atoms with van der Waals surface area (Å²) in [4.78, 5) is 34.8. The van der Waals surface area contributed by atoms with Gasteiger partial charge in [0.1, 0.15) is 16.9 Å². The fourth-order valence-electron chi connectivity index (χ4n) is 2.49. The van der Waals surface area contributed by atoms with Crippen LogP contribution in [-0.4, -0.2) is 33.2 Å². The molecule has 0 saturated heterocycles. The summed E-state index contributed by atoms with van der Waals surface area (Å²) in [6, 6.07) is 8.00. The summed E-state index contributed by atoms with van der Waals surface area (Å²) in [6.45, 7) is -0.0546. The molecule has 3 N–H and O–H groups in total. The van der Waals surface area contributed by atoms with Crippen molar-refractivity contribution >= 4 is 76.9 Å². The van der Waals surface area contributed by atoms with Gasteiger partial charge < -0.3 is 5.32 Å². The van der Waals surface area contributed by atoms with Gasteiger partial charge in [0, 0.05) is 21.2 Å². The van der Waals surface area contributed by atoms with Gasteiger partial charge in [-0.1, -0.05) is 33.5 Å². The minimum absolute atomic E-state index is 0.0546. The van der Waals surface area contributed by atoms with Crippen molar-refractivity contribution in [3.63, 3.8) is 0 Å². The summed E-state index contributed by atoms with van der Waals surface area (Å²) in [7, 11) is 0. The lowest BCUT2D eigenvalue weighted by Gasteiger charge is -2.15. The second-order valence-electron chi connectivity index (χ2n) is 5.89. The van der Waals surface area contributed by atoms with Crippen molar-refractivity contribution in [1.82, 2.24) is 25.8 Å². The maximum atomic E-state index is 13.2. The molecule has 2 aromatic heterocycles. The molecular formula is C19H12Br3ClN6O3. The average Bonchev–Trinajstić information content (AvgIpc) is 3.14. The van der Waals surface area contributed by atoms with Gasteiger partial charge in [-0.25, -0.2) is 9.67 Å². The third kappa shape index (κ3) is 5.74. The fraction of sp³-hybridized carbons (Fsp3) is 0.0526. The zero-order valence-corrected chi connectivity index (χ0v) is 21.3. The normalized spacial score (nSPS) is 10.5. The first-order valence-electron chi connectivity index (χ1n) is 8.59. The largest absolute Gasteiger partial charge is 0.319 e. The second kappa shape index (κ2) is 11.0. The Kier molecular flexibility index (Phi) is 8.41. The Morgan fingerprint density at radius 2 is 2.00 bits per heavy atom. The second-order valence-corrected chi connectivity index (χ2v) is 8.88. The summed E-state index contributed by atoms with van der Waals surface area (Å²) in [5, 5.41) is 7.27. The van der Waals surface area contributed by atoms with Crippen LogP contribution >= 0.6 is 59.4 Å². The van der Waals surface area contributed by atoms with Gasteiger partial charge in [0.15, 0.2) is 5.82 Å². The molecule has 3 aromatic rings. The van der Waals surface area contributed by atoms with Crippen molar-refractivity contribution in [2.24, 2.45) is 0 Å². The standard InChI is InChI=1S/C19H12Br3ClN6O3/c1-2-6-32-28-26-18(30)11-7-10(20)8-12(21)16(11)25-19(31)14-9-15(22)27-29(14)17-13(23)4-3-5-24-17/h1,3-5,7-9,28H,6H2,(H,25,31)(H,26,30). The Morgan fingerprint density at radius 1 is 1.22 bits per heavy atom. The molecule has 0 aliphatic carbocycles. The molecule has 0 saturated carbocycles. The van der Waals surface area contributed by atoms with Gasteiger partial charge in [-0.15, -0.1) is 12.0 Å². The molecule has 2 heterocycles. The number of terminal acetylenes is 1. The van der Waals surface area contributed by atoms with E-state index in [0.717, 1.165) is 0 Å². The number of amides is 2. The molecule has 3 rings (SSSR count). The highest BCUT2D eigenvalue weighted by Crippen LogP contribution is 2.32. The Morgan fingerprint density at radius 3 is 2.72 bits per heavy atom. The molecule has 2 amide bonds. The number of rotatable bonds is 7. The van der Waals surface area contributed by atoms with E-state index in [9.17, 15) is 9.59 Å². The molecule has 164 valence electrons. The number of benzene rings is 1. The number of carbonyl (C=O) groups is 2. The van der Waals surface area contributed by atoms with Crippen molar-refractivity contribution in [3.05, 3.63) is 66.4 Å². The Labute approximate surface area is 212 Å².